The molecule has 2 heterocycles. The van der Waals surface area contributed by atoms with Crippen LogP contribution in [0.25, 0.3) is 0 Å². The average molecular weight is 369 g/mol. The van der Waals surface area contributed by atoms with Crippen molar-refractivity contribution in [3.8, 4) is 5.75 Å². The van der Waals surface area contributed by atoms with Gasteiger partial charge in [0.25, 0.3) is 5.91 Å². The Morgan fingerprint density at radius 2 is 2.00 bits per heavy atom. The lowest BCUT2D eigenvalue weighted by molar-refractivity contribution is 0.0945. The minimum absolute atomic E-state index is 0.280. The molecule has 3 rings (SSSR count). The number of amides is 1. The second-order valence-corrected chi connectivity index (χ2v) is 5.84. The monoisotopic (exact) mass is 368 g/mol. The number of methoxy groups -OCH3 is 1. The molecule has 6 nitrogen and oxygen atoms in total. The highest BCUT2D eigenvalue weighted by molar-refractivity contribution is 6.31. The summed E-state index contributed by atoms with van der Waals surface area (Å²) < 4.78 is 5.31. The molecule has 1 aromatic carbocycles. The SMILES string of the molecule is COc1ccc(Cl)cc1Nc1ccnc(C(=O)NCc2ccccn2)c1. The molecule has 0 atom stereocenters. The highest BCUT2D eigenvalue weighted by Crippen LogP contribution is 2.30. The number of hydrogen-bond donors (Lipinski definition) is 2. The largest absolute Gasteiger partial charge is 0.495 e. The highest BCUT2D eigenvalue weighted by atomic mass is 35.5. The Labute approximate surface area is 156 Å². The molecule has 0 aliphatic carbocycles. The van der Waals surface area contributed by atoms with Crippen LogP contribution in [0.1, 0.15) is 16.2 Å². The topological polar surface area (TPSA) is 76.1 Å². The summed E-state index contributed by atoms with van der Waals surface area (Å²) in [5.74, 6) is 0.365. The van der Waals surface area contributed by atoms with E-state index in [4.69, 9.17) is 16.3 Å². The predicted molar refractivity (Wildman–Crippen MR) is 101 cm³/mol. The first kappa shape index (κ1) is 17.7. The van der Waals surface area contributed by atoms with Crippen molar-refractivity contribution in [2.45, 2.75) is 6.54 Å². The minimum atomic E-state index is -0.280. The molecule has 3 aromatic rings. The van der Waals surface area contributed by atoms with Crippen LogP contribution in [-0.2, 0) is 6.54 Å². The van der Waals surface area contributed by atoms with Gasteiger partial charge in [0.15, 0.2) is 0 Å². The molecule has 2 aromatic heterocycles. The van der Waals surface area contributed by atoms with Crippen molar-refractivity contribution in [3.63, 3.8) is 0 Å². The Balaban J connectivity index is 1.72. The van der Waals surface area contributed by atoms with Crippen molar-refractivity contribution in [2.24, 2.45) is 0 Å². The molecule has 1 amide bonds. The molecule has 0 unspecified atom stereocenters. The molecule has 0 aliphatic rings. The first-order chi connectivity index (χ1) is 12.7. The molecule has 7 heteroatoms. The Bertz CT molecular complexity index is 903. The molecule has 0 fully saturated rings. The maximum Gasteiger partial charge on any atom is 0.270 e. The van der Waals surface area contributed by atoms with Crippen molar-refractivity contribution >= 4 is 28.9 Å². The minimum Gasteiger partial charge on any atom is -0.495 e. The number of nitrogens with zero attached hydrogens (tertiary/aromatic N) is 2. The smallest absolute Gasteiger partial charge is 0.270 e. The van der Waals surface area contributed by atoms with E-state index >= 15 is 0 Å². The number of nitrogens with one attached hydrogen (secondary N) is 2. The van der Waals surface area contributed by atoms with Gasteiger partial charge in [0.1, 0.15) is 11.4 Å². The number of pyridine rings is 2. The zero-order valence-electron chi connectivity index (χ0n) is 14.1. The fraction of sp³-hybridized carbons (Fsp3) is 0.105. The Morgan fingerprint density at radius 3 is 2.77 bits per heavy atom. The summed E-state index contributed by atoms with van der Waals surface area (Å²) in [6.45, 7) is 0.334. The number of anilines is 2. The van der Waals surface area contributed by atoms with Crippen LogP contribution in [0.15, 0.2) is 60.9 Å². The quantitative estimate of drug-likeness (QED) is 0.691. The van der Waals surface area contributed by atoms with E-state index in [9.17, 15) is 4.79 Å². The van der Waals surface area contributed by atoms with E-state index in [2.05, 4.69) is 20.6 Å². The molecule has 0 saturated carbocycles. The maximum atomic E-state index is 12.3. The third kappa shape index (κ3) is 4.49. The summed E-state index contributed by atoms with van der Waals surface area (Å²) in [6.07, 6.45) is 3.25. The lowest BCUT2D eigenvalue weighted by atomic mass is 10.2. The molecule has 0 saturated heterocycles. The van der Waals surface area contributed by atoms with Gasteiger partial charge in [-0.25, -0.2) is 0 Å². The molecule has 132 valence electrons. The number of ether oxygens (including phenoxy) is 1. The second-order valence-electron chi connectivity index (χ2n) is 5.40. The lowest BCUT2D eigenvalue weighted by Gasteiger charge is -2.12. The lowest BCUT2D eigenvalue weighted by Crippen LogP contribution is -2.24. The van der Waals surface area contributed by atoms with Gasteiger partial charge < -0.3 is 15.4 Å². The van der Waals surface area contributed by atoms with Crippen molar-refractivity contribution in [1.29, 1.82) is 0 Å². The van der Waals surface area contributed by atoms with Gasteiger partial charge in [-0.15, -0.1) is 0 Å². The number of carbonyl (C=O) groups is 1. The zero-order valence-corrected chi connectivity index (χ0v) is 14.8. The number of rotatable bonds is 6. The van der Waals surface area contributed by atoms with Crippen molar-refractivity contribution in [3.05, 3.63) is 77.3 Å². The van der Waals surface area contributed by atoms with Gasteiger partial charge >= 0.3 is 0 Å². The summed E-state index contributed by atoms with van der Waals surface area (Å²) in [4.78, 5) is 20.6. The summed E-state index contributed by atoms with van der Waals surface area (Å²) in [6, 6.07) is 14.2. The van der Waals surface area contributed by atoms with Crippen LogP contribution in [0.3, 0.4) is 0 Å². The normalized spacial score (nSPS) is 10.2. The molecule has 0 spiro atoms. The summed E-state index contributed by atoms with van der Waals surface area (Å²) in [5.41, 5.74) is 2.47. The van der Waals surface area contributed by atoms with E-state index in [1.54, 1.807) is 49.8 Å². The molecular weight excluding hydrogens is 352 g/mol. The van der Waals surface area contributed by atoms with Crippen LogP contribution in [-0.4, -0.2) is 23.0 Å². The Morgan fingerprint density at radius 1 is 1.12 bits per heavy atom. The standard InChI is InChI=1S/C19H17ClN4O2/c1-26-18-6-5-13(20)10-16(18)24-14-7-9-22-17(11-14)19(25)23-12-15-4-2-3-8-21-15/h2-11H,12H2,1H3,(H,22,24)(H,23,25). The first-order valence-corrected chi connectivity index (χ1v) is 8.28. The van der Waals surface area contributed by atoms with Gasteiger partial charge in [0.05, 0.1) is 25.0 Å². The van der Waals surface area contributed by atoms with Crippen LogP contribution < -0.4 is 15.4 Å². The highest BCUT2D eigenvalue weighted by Gasteiger charge is 2.10. The van der Waals surface area contributed by atoms with E-state index in [1.165, 1.54) is 0 Å². The van der Waals surface area contributed by atoms with Crippen LogP contribution in [0, 0.1) is 0 Å². The van der Waals surface area contributed by atoms with Gasteiger partial charge in [-0.05, 0) is 42.5 Å². The number of hydrogen-bond acceptors (Lipinski definition) is 5. The third-order valence-electron chi connectivity index (χ3n) is 3.59. The van der Waals surface area contributed by atoms with E-state index in [-0.39, 0.29) is 5.91 Å². The molecule has 0 radical (unpaired) electrons. The van der Waals surface area contributed by atoms with Gasteiger partial charge in [0, 0.05) is 23.1 Å². The van der Waals surface area contributed by atoms with Crippen LogP contribution in [0.5, 0.6) is 5.75 Å². The van der Waals surface area contributed by atoms with E-state index in [0.29, 0.717) is 34.4 Å². The Kier molecular flexibility index (Phi) is 5.66. The van der Waals surface area contributed by atoms with Crippen LogP contribution in [0.4, 0.5) is 11.4 Å². The predicted octanol–water partition coefficient (Wildman–Crippen LogP) is 3.81. The first-order valence-electron chi connectivity index (χ1n) is 7.90. The van der Waals surface area contributed by atoms with Crippen LogP contribution in [0.2, 0.25) is 5.02 Å². The van der Waals surface area contributed by atoms with E-state index in [1.807, 2.05) is 18.2 Å². The molecule has 0 bridgehead atoms. The molecule has 2 N–H and O–H groups in total. The average Bonchev–Trinajstić information content (AvgIpc) is 2.67. The number of halogens is 1. The number of benzene rings is 1. The fourth-order valence-electron chi connectivity index (χ4n) is 2.33. The summed E-state index contributed by atoms with van der Waals surface area (Å²) in [5, 5.41) is 6.57. The zero-order chi connectivity index (χ0) is 18.4. The van der Waals surface area contributed by atoms with Gasteiger partial charge in [-0.3, -0.25) is 14.8 Å². The maximum absolute atomic E-state index is 12.3. The summed E-state index contributed by atoms with van der Waals surface area (Å²) >= 11 is 6.04. The second kappa shape index (κ2) is 8.31. The molecular formula is C19H17ClN4O2. The van der Waals surface area contributed by atoms with Gasteiger partial charge in [-0.1, -0.05) is 17.7 Å². The molecule has 26 heavy (non-hydrogen) atoms. The van der Waals surface area contributed by atoms with Gasteiger partial charge in [0.2, 0.25) is 0 Å². The van der Waals surface area contributed by atoms with Crippen molar-refractivity contribution < 1.29 is 9.53 Å². The summed E-state index contributed by atoms with van der Waals surface area (Å²) in [7, 11) is 1.58. The third-order valence-corrected chi connectivity index (χ3v) is 3.82. The van der Waals surface area contributed by atoms with Gasteiger partial charge in [-0.2, -0.15) is 0 Å². The number of aromatic nitrogens is 2. The Hall–Kier alpha value is -3.12. The van der Waals surface area contributed by atoms with Crippen molar-refractivity contribution in [1.82, 2.24) is 15.3 Å². The fourth-order valence-corrected chi connectivity index (χ4v) is 2.50. The number of carbonyl (C=O) groups excluding carboxylic acids is 1. The molecule has 0 aliphatic heterocycles. The van der Waals surface area contributed by atoms with E-state index in [0.717, 1.165) is 5.69 Å². The van der Waals surface area contributed by atoms with Crippen molar-refractivity contribution in [2.75, 3.05) is 12.4 Å². The van der Waals surface area contributed by atoms with E-state index < -0.39 is 0 Å². The van der Waals surface area contributed by atoms with Crippen LogP contribution >= 0.6 is 11.6 Å².